The van der Waals surface area contributed by atoms with Crippen LogP contribution in [0.5, 0.6) is 0 Å². The van der Waals surface area contributed by atoms with Gasteiger partial charge in [0, 0.05) is 6.61 Å². The predicted molar refractivity (Wildman–Crippen MR) is 63.5 cm³/mol. The van der Waals surface area contributed by atoms with Crippen molar-refractivity contribution in [3.8, 4) is 0 Å². The summed E-state index contributed by atoms with van der Waals surface area (Å²) in [5.74, 6) is 0.602. The van der Waals surface area contributed by atoms with Crippen molar-refractivity contribution < 1.29 is 4.74 Å². The molecule has 0 aliphatic carbocycles. The largest absolute Gasteiger partial charge is 0.373 e. The number of hydrogen-bond donors (Lipinski definition) is 0. The molecule has 0 saturated heterocycles. The van der Waals surface area contributed by atoms with Crippen molar-refractivity contribution in [1.82, 2.24) is 0 Å². The minimum Gasteiger partial charge on any atom is -0.373 e. The van der Waals surface area contributed by atoms with E-state index in [1.165, 1.54) is 5.57 Å². The highest BCUT2D eigenvalue weighted by Crippen LogP contribution is 2.24. The average molecular weight is 198 g/mol. The van der Waals surface area contributed by atoms with Gasteiger partial charge in [-0.25, -0.2) is 0 Å². The fourth-order valence-corrected chi connectivity index (χ4v) is 1.15. The van der Waals surface area contributed by atoms with Crippen LogP contribution in [-0.4, -0.2) is 12.7 Å². The maximum absolute atomic E-state index is 5.90. The summed E-state index contributed by atoms with van der Waals surface area (Å²) in [7, 11) is 0. The van der Waals surface area contributed by atoms with Gasteiger partial charge >= 0.3 is 0 Å². The number of rotatable bonds is 4. The first kappa shape index (κ1) is 13.7. The lowest BCUT2D eigenvalue weighted by atomic mass is 9.88. The first-order valence-electron chi connectivity index (χ1n) is 5.50. The monoisotopic (exact) mass is 198 g/mol. The maximum Gasteiger partial charge on any atom is 0.0806 e. The Morgan fingerprint density at radius 2 is 1.71 bits per heavy atom. The van der Waals surface area contributed by atoms with E-state index < -0.39 is 0 Å². The van der Waals surface area contributed by atoms with Gasteiger partial charge in [-0.05, 0) is 25.2 Å². The fraction of sp³-hybridized carbons (Fsp3) is 0.846. The molecule has 1 unspecified atom stereocenters. The van der Waals surface area contributed by atoms with E-state index in [0.717, 1.165) is 6.61 Å². The molecular formula is C13H26O. The third kappa shape index (κ3) is 6.20. The van der Waals surface area contributed by atoms with Gasteiger partial charge in [0.05, 0.1) is 6.10 Å². The minimum absolute atomic E-state index is 0.187. The summed E-state index contributed by atoms with van der Waals surface area (Å²) in [6.07, 6.45) is 2.46. The van der Waals surface area contributed by atoms with E-state index in [9.17, 15) is 0 Å². The van der Waals surface area contributed by atoms with Gasteiger partial charge in [-0.1, -0.05) is 46.3 Å². The summed E-state index contributed by atoms with van der Waals surface area (Å²) >= 11 is 0. The van der Waals surface area contributed by atoms with Crippen LogP contribution in [0.25, 0.3) is 0 Å². The van der Waals surface area contributed by atoms with E-state index in [0.29, 0.717) is 5.92 Å². The van der Waals surface area contributed by atoms with E-state index in [1.807, 2.05) is 0 Å². The molecule has 0 rings (SSSR count). The highest BCUT2D eigenvalue weighted by molar-refractivity contribution is 5.02. The van der Waals surface area contributed by atoms with E-state index in [-0.39, 0.29) is 11.5 Å². The Morgan fingerprint density at radius 1 is 1.21 bits per heavy atom. The molecule has 0 saturated carbocycles. The van der Waals surface area contributed by atoms with Crippen LogP contribution in [0, 0.1) is 11.3 Å². The smallest absolute Gasteiger partial charge is 0.0806 e. The first-order valence-corrected chi connectivity index (χ1v) is 5.50. The third-order valence-electron chi connectivity index (χ3n) is 1.95. The minimum atomic E-state index is 0.187. The standard InChI is InChI=1S/C13H26O/c1-10(2)8-12(13(5,6)7)14-9-11(3)4/h8,11-12H,9H2,1-7H3. The molecule has 0 amide bonds. The van der Waals surface area contributed by atoms with Crippen LogP contribution in [0.1, 0.15) is 48.5 Å². The summed E-state index contributed by atoms with van der Waals surface area (Å²) in [5.41, 5.74) is 1.51. The SMILES string of the molecule is CC(C)=CC(OCC(C)C)C(C)(C)C. The van der Waals surface area contributed by atoms with Crippen LogP contribution in [-0.2, 0) is 4.74 Å². The molecule has 0 aromatic carbocycles. The lowest BCUT2D eigenvalue weighted by Crippen LogP contribution is -2.29. The third-order valence-corrected chi connectivity index (χ3v) is 1.95. The number of hydrogen-bond acceptors (Lipinski definition) is 1. The number of ether oxygens (including phenoxy) is 1. The van der Waals surface area contributed by atoms with E-state index in [2.05, 4.69) is 54.5 Å². The second-order valence-electron chi connectivity index (χ2n) is 5.76. The van der Waals surface area contributed by atoms with Crippen molar-refractivity contribution in [3.05, 3.63) is 11.6 Å². The summed E-state index contributed by atoms with van der Waals surface area (Å²) in [6.45, 7) is 16.1. The molecular weight excluding hydrogens is 172 g/mol. The van der Waals surface area contributed by atoms with Crippen LogP contribution < -0.4 is 0 Å². The Kier molecular flexibility index (Phi) is 5.43. The van der Waals surface area contributed by atoms with Crippen molar-refractivity contribution in [2.45, 2.75) is 54.6 Å². The Hall–Kier alpha value is -0.300. The predicted octanol–water partition coefficient (Wildman–Crippen LogP) is 4.04. The Morgan fingerprint density at radius 3 is 2.00 bits per heavy atom. The van der Waals surface area contributed by atoms with Gasteiger partial charge in [0.15, 0.2) is 0 Å². The zero-order chi connectivity index (χ0) is 11.4. The van der Waals surface area contributed by atoms with E-state index >= 15 is 0 Å². The zero-order valence-corrected chi connectivity index (χ0v) is 10.8. The molecule has 14 heavy (non-hydrogen) atoms. The molecule has 0 aliphatic heterocycles. The molecule has 1 heteroatoms. The van der Waals surface area contributed by atoms with Crippen molar-refractivity contribution in [2.75, 3.05) is 6.61 Å². The summed E-state index contributed by atoms with van der Waals surface area (Å²) < 4.78 is 5.90. The highest BCUT2D eigenvalue weighted by Gasteiger charge is 2.23. The Balaban J connectivity index is 4.35. The first-order chi connectivity index (χ1) is 6.23. The van der Waals surface area contributed by atoms with Gasteiger partial charge in [-0.15, -0.1) is 0 Å². The molecule has 0 aromatic heterocycles. The topological polar surface area (TPSA) is 9.23 Å². The van der Waals surface area contributed by atoms with Gasteiger partial charge in [0.1, 0.15) is 0 Å². The van der Waals surface area contributed by atoms with Crippen LogP contribution in [0.3, 0.4) is 0 Å². The van der Waals surface area contributed by atoms with Crippen LogP contribution in [0.2, 0.25) is 0 Å². The van der Waals surface area contributed by atoms with Gasteiger partial charge in [0.25, 0.3) is 0 Å². The van der Waals surface area contributed by atoms with Crippen molar-refractivity contribution >= 4 is 0 Å². The molecule has 1 atom stereocenters. The van der Waals surface area contributed by atoms with Crippen LogP contribution in [0.15, 0.2) is 11.6 Å². The van der Waals surface area contributed by atoms with Gasteiger partial charge < -0.3 is 4.74 Å². The molecule has 0 bridgehead atoms. The van der Waals surface area contributed by atoms with Crippen molar-refractivity contribution in [1.29, 1.82) is 0 Å². The normalized spacial score (nSPS) is 14.3. The molecule has 84 valence electrons. The Labute approximate surface area is 89.5 Å². The quantitative estimate of drug-likeness (QED) is 0.619. The molecule has 0 N–H and O–H groups in total. The summed E-state index contributed by atoms with van der Waals surface area (Å²) in [4.78, 5) is 0. The number of allylic oxidation sites excluding steroid dienone is 1. The molecule has 0 fully saturated rings. The molecule has 0 heterocycles. The molecule has 0 aromatic rings. The van der Waals surface area contributed by atoms with Gasteiger partial charge in [-0.3, -0.25) is 0 Å². The van der Waals surface area contributed by atoms with Crippen molar-refractivity contribution in [3.63, 3.8) is 0 Å². The molecule has 0 aliphatic rings. The average Bonchev–Trinajstić information content (AvgIpc) is 1.94. The fourth-order valence-electron chi connectivity index (χ4n) is 1.15. The van der Waals surface area contributed by atoms with Crippen LogP contribution in [0.4, 0.5) is 0 Å². The van der Waals surface area contributed by atoms with Crippen molar-refractivity contribution in [2.24, 2.45) is 11.3 Å². The Bertz CT molecular complexity index is 180. The summed E-state index contributed by atoms with van der Waals surface area (Å²) in [5, 5.41) is 0. The second-order valence-corrected chi connectivity index (χ2v) is 5.76. The van der Waals surface area contributed by atoms with Gasteiger partial charge in [-0.2, -0.15) is 0 Å². The lowest BCUT2D eigenvalue weighted by Gasteiger charge is -2.29. The van der Waals surface area contributed by atoms with Gasteiger partial charge in [0.2, 0.25) is 0 Å². The van der Waals surface area contributed by atoms with E-state index in [1.54, 1.807) is 0 Å². The zero-order valence-electron chi connectivity index (χ0n) is 10.8. The lowest BCUT2D eigenvalue weighted by molar-refractivity contribution is 0.00130. The van der Waals surface area contributed by atoms with E-state index in [4.69, 9.17) is 4.74 Å². The molecule has 1 nitrogen and oxygen atoms in total. The second kappa shape index (κ2) is 5.55. The maximum atomic E-state index is 5.90. The summed E-state index contributed by atoms with van der Waals surface area (Å²) in [6, 6.07) is 0. The molecule has 0 radical (unpaired) electrons. The van der Waals surface area contributed by atoms with Crippen LogP contribution >= 0.6 is 0 Å². The highest BCUT2D eigenvalue weighted by atomic mass is 16.5. The molecule has 0 spiro atoms.